The molecule has 0 amide bonds. The molecule has 16 heavy (non-hydrogen) atoms. The van der Waals surface area contributed by atoms with Crippen LogP contribution >= 0.6 is 7.75 Å². The fourth-order valence-corrected chi connectivity index (χ4v) is 3.39. The molecule has 1 aliphatic rings. The molecule has 0 heterocycles. The van der Waals surface area contributed by atoms with E-state index < -0.39 is 13.3 Å². The third kappa shape index (κ3) is 2.53. The summed E-state index contributed by atoms with van der Waals surface area (Å²) in [6, 6.07) is 9.55. The summed E-state index contributed by atoms with van der Waals surface area (Å²) in [6.45, 7) is 0. The quantitative estimate of drug-likeness (QED) is 0.709. The van der Waals surface area contributed by atoms with Gasteiger partial charge in [0.05, 0.1) is 5.54 Å². The molecule has 0 aliphatic heterocycles. The molecule has 0 aromatic heterocycles. The first-order chi connectivity index (χ1) is 7.52. The average Bonchev–Trinajstić information content (AvgIpc) is 2.66. The molecule has 0 radical (unpaired) electrons. The number of nitrogens with one attached hydrogen (secondary N) is 1. The Labute approximate surface area is 94.9 Å². The van der Waals surface area contributed by atoms with E-state index in [1.807, 2.05) is 30.3 Å². The zero-order valence-corrected chi connectivity index (χ0v) is 9.86. The van der Waals surface area contributed by atoms with Gasteiger partial charge in [0, 0.05) is 0 Å². The molecule has 0 unspecified atom stereocenters. The molecule has 3 N–H and O–H groups in total. The minimum atomic E-state index is -4.20. The van der Waals surface area contributed by atoms with E-state index >= 15 is 0 Å². The molecule has 5 heteroatoms. The smallest absolute Gasteiger partial charge is 0.313 e. The van der Waals surface area contributed by atoms with Crippen LogP contribution in [0.1, 0.15) is 31.2 Å². The van der Waals surface area contributed by atoms with Gasteiger partial charge < -0.3 is 9.79 Å². The maximum Gasteiger partial charge on any atom is 0.401 e. The summed E-state index contributed by atoms with van der Waals surface area (Å²) in [7, 11) is -4.20. The lowest BCUT2D eigenvalue weighted by Crippen LogP contribution is -2.37. The third-order valence-electron chi connectivity index (χ3n) is 3.14. The number of hydrogen-bond acceptors (Lipinski definition) is 1. The van der Waals surface area contributed by atoms with Crippen LogP contribution in [0.25, 0.3) is 0 Å². The normalized spacial score (nSPS) is 19.9. The van der Waals surface area contributed by atoms with E-state index in [9.17, 15) is 4.57 Å². The standard InChI is InChI=1S/C11H16NO3P/c13-16(14,15)12-11(8-4-5-9-11)10-6-2-1-3-7-10/h1-3,6-7H,4-5,8-9H2,(H3,12,13,14,15). The van der Waals surface area contributed by atoms with E-state index in [1.54, 1.807) is 0 Å². The van der Waals surface area contributed by atoms with Crippen LogP contribution in [-0.2, 0) is 10.1 Å². The molecular formula is C11H16NO3P. The first-order valence-electron chi connectivity index (χ1n) is 5.42. The van der Waals surface area contributed by atoms with E-state index in [2.05, 4.69) is 5.09 Å². The SMILES string of the molecule is O=P(O)(O)NC1(c2ccccc2)CCCC1. The largest absolute Gasteiger partial charge is 0.401 e. The Kier molecular flexibility index (Phi) is 3.17. The highest BCUT2D eigenvalue weighted by Gasteiger charge is 2.39. The van der Waals surface area contributed by atoms with Crippen molar-refractivity contribution in [2.75, 3.05) is 0 Å². The van der Waals surface area contributed by atoms with Crippen LogP contribution in [0, 0.1) is 0 Å². The zero-order valence-electron chi connectivity index (χ0n) is 8.97. The maximum absolute atomic E-state index is 11.1. The average molecular weight is 241 g/mol. The lowest BCUT2D eigenvalue weighted by atomic mass is 9.89. The van der Waals surface area contributed by atoms with Crippen molar-refractivity contribution in [2.24, 2.45) is 0 Å². The topological polar surface area (TPSA) is 69.6 Å². The van der Waals surface area contributed by atoms with Gasteiger partial charge in [-0.3, -0.25) is 0 Å². The second-order valence-electron chi connectivity index (χ2n) is 4.31. The Morgan fingerprint density at radius 2 is 1.69 bits per heavy atom. The minimum Gasteiger partial charge on any atom is -0.313 e. The molecule has 2 rings (SSSR count). The van der Waals surface area contributed by atoms with E-state index in [4.69, 9.17) is 9.79 Å². The van der Waals surface area contributed by atoms with Crippen molar-refractivity contribution < 1.29 is 14.4 Å². The van der Waals surface area contributed by atoms with Crippen LogP contribution in [0.3, 0.4) is 0 Å². The molecule has 0 saturated heterocycles. The zero-order chi connectivity index (χ0) is 11.6. The van der Waals surface area contributed by atoms with Crippen molar-refractivity contribution >= 4 is 7.75 Å². The lowest BCUT2D eigenvalue weighted by Gasteiger charge is -2.31. The monoisotopic (exact) mass is 241 g/mol. The fourth-order valence-electron chi connectivity index (χ4n) is 2.48. The van der Waals surface area contributed by atoms with Crippen LogP contribution in [0.2, 0.25) is 0 Å². The van der Waals surface area contributed by atoms with Crippen LogP contribution in [0.15, 0.2) is 30.3 Å². The van der Waals surface area contributed by atoms with Crippen molar-refractivity contribution in [3.8, 4) is 0 Å². The van der Waals surface area contributed by atoms with Gasteiger partial charge in [0.25, 0.3) is 0 Å². The van der Waals surface area contributed by atoms with E-state index in [0.29, 0.717) is 0 Å². The molecule has 1 saturated carbocycles. The van der Waals surface area contributed by atoms with Gasteiger partial charge >= 0.3 is 7.75 Å². The molecule has 1 aliphatic carbocycles. The van der Waals surface area contributed by atoms with Gasteiger partial charge in [-0.1, -0.05) is 43.2 Å². The Balaban J connectivity index is 2.33. The Bertz CT molecular complexity index is 395. The summed E-state index contributed by atoms with van der Waals surface area (Å²) in [6.07, 6.45) is 3.56. The van der Waals surface area contributed by atoms with Crippen molar-refractivity contribution in [1.29, 1.82) is 0 Å². The van der Waals surface area contributed by atoms with Crippen molar-refractivity contribution in [1.82, 2.24) is 5.09 Å². The fraction of sp³-hybridized carbons (Fsp3) is 0.455. The molecule has 1 aromatic carbocycles. The molecule has 0 atom stereocenters. The number of benzene rings is 1. The van der Waals surface area contributed by atoms with Gasteiger partial charge in [-0.05, 0) is 18.4 Å². The molecule has 1 aromatic rings. The Morgan fingerprint density at radius 3 is 2.19 bits per heavy atom. The van der Waals surface area contributed by atoms with E-state index in [0.717, 1.165) is 31.2 Å². The highest BCUT2D eigenvalue weighted by atomic mass is 31.2. The predicted octanol–water partition coefficient (Wildman–Crippen LogP) is 2.14. The number of rotatable bonds is 3. The van der Waals surface area contributed by atoms with Gasteiger partial charge in [0.15, 0.2) is 0 Å². The molecule has 0 bridgehead atoms. The number of hydrogen-bond donors (Lipinski definition) is 3. The highest BCUT2D eigenvalue weighted by Crippen LogP contribution is 2.45. The minimum absolute atomic E-state index is 0.541. The van der Waals surface area contributed by atoms with E-state index in [-0.39, 0.29) is 0 Å². The van der Waals surface area contributed by atoms with Crippen molar-refractivity contribution in [3.05, 3.63) is 35.9 Å². The van der Waals surface area contributed by atoms with Gasteiger partial charge in [0.2, 0.25) is 0 Å². The van der Waals surface area contributed by atoms with Gasteiger partial charge in [0.1, 0.15) is 0 Å². The Morgan fingerprint density at radius 1 is 1.12 bits per heavy atom. The van der Waals surface area contributed by atoms with Crippen LogP contribution in [0.4, 0.5) is 0 Å². The predicted molar refractivity (Wildman–Crippen MR) is 61.8 cm³/mol. The van der Waals surface area contributed by atoms with Crippen LogP contribution < -0.4 is 5.09 Å². The second kappa shape index (κ2) is 4.30. The Hall–Kier alpha value is -0.670. The summed E-state index contributed by atoms with van der Waals surface area (Å²) in [5.74, 6) is 0. The molecule has 88 valence electrons. The van der Waals surface area contributed by atoms with Gasteiger partial charge in [-0.25, -0.2) is 9.65 Å². The summed E-state index contributed by atoms with van der Waals surface area (Å²) >= 11 is 0. The summed E-state index contributed by atoms with van der Waals surface area (Å²) in [5.41, 5.74) is 0.427. The summed E-state index contributed by atoms with van der Waals surface area (Å²) in [5, 5.41) is 2.51. The molecule has 0 spiro atoms. The van der Waals surface area contributed by atoms with Gasteiger partial charge in [-0.2, -0.15) is 0 Å². The summed E-state index contributed by atoms with van der Waals surface area (Å²) < 4.78 is 11.1. The molecule has 1 fully saturated rings. The summed E-state index contributed by atoms with van der Waals surface area (Å²) in [4.78, 5) is 18.2. The second-order valence-corrected chi connectivity index (χ2v) is 5.62. The van der Waals surface area contributed by atoms with E-state index in [1.165, 1.54) is 0 Å². The van der Waals surface area contributed by atoms with Crippen molar-refractivity contribution in [3.63, 3.8) is 0 Å². The lowest BCUT2D eigenvalue weighted by molar-refractivity contribution is 0.307. The maximum atomic E-state index is 11.1. The molecule has 4 nitrogen and oxygen atoms in total. The van der Waals surface area contributed by atoms with Gasteiger partial charge in [-0.15, -0.1) is 0 Å². The van der Waals surface area contributed by atoms with Crippen molar-refractivity contribution in [2.45, 2.75) is 31.2 Å². The first-order valence-corrected chi connectivity index (χ1v) is 7.04. The highest BCUT2D eigenvalue weighted by molar-refractivity contribution is 7.49. The van der Waals surface area contributed by atoms with Crippen LogP contribution in [0.5, 0.6) is 0 Å². The molecular weight excluding hydrogens is 225 g/mol. The van der Waals surface area contributed by atoms with Crippen LogP contribution in [-0.4, -0.2) is 9.79 Å². The third-order valence-corrected chi connectivity index (χ3v) is 3.86. The first kappa shape index (κ1) is 11.8.